The number of hydrogen-bond donors (Lipinski definition) is 3. The Balaban J connectivity index is 1.69. The highest BCUT2D eigenvalue weighted by molar-refractivity contribution is 9.10. The summed E-state index contributed by atoms with van der Waals surface area (Å²) < 4.78 is 0.755. The largest absolute Gasteiger partial charge is 0.478 e. The minimum Gasteiger partial charge on any atom is -0.478 e. The van der Waals surface area contributed by atoms with E-state index in [1.54, 1.807) is 42.5 Å². The molecule has 0 spiro atoms. The van der Waals surface area contributed by atoms with Gasteiger partial charge in [-0.2, -0.15) is 0 Å². The summed E-state index contributed by atoms with van der Waals surface area (Å²) >= 11 is 3.38. The van der Waals surface area contributed by atoms with Crippen LogP contribution in [0.5, 0.6) is 0 Å². The lowest BCUT2D eigenvalue weighted by Gasteiger charge is -2.12. The number of hydrogen-bond acceptors (Lipinski definition) is 4. The molecule has 1 amide bonds. The number of ketones is 1. The number of amides is 1. The van der Waals surface area contributed by atoms with Crippen LogP contribution in [0.1, 0.15) is 26.3 Å². The van der Waals surface area contributed by atoms with E-state index < -0.39 is 5.97 Å². The van der Waals surface area contributed by atoms with Crippen molar-refractivity contribution in [3.05, 3.63) is 94.0 Å². The van der Waals surface area contributed by atoms with Crippen LogP contribution in [0.2, 0.25) is 0 Å². The second kappa shape index (κ2) is 9.16. The summed E-state index contributed by atoms with van der Waals surface area (Å²) in [5.74, 6) is -1.51. The van der Waals surface area contributed by atoms with Crippen LogP contribution < -0.4 is 10.6 Å². The molecule has 0 aliphatic rings. The molecule has 29 heavy (non-hydrogen) atoms. The van der Waals surface area contributed by atoms with Gasteiger partial charge in [-0.1, -0.05) is 46.3 Å². The summed E-state index contributed by atoms with van der Waals surface area (Å²) in [6.45, 7) is -0.0582. The number of rotatable bonds is 7. The molecule has 0 aliphatic heterocycles. The first kappa shape index (κ1) is 20.3. The standard InChI is InChI=1S/C22H17BrN2O4/c23-16-8-11-19(18(12-16)21(27)14-4-2-1-3-5-14)24-13-20(26)25-17-9-6-15(7-10-17)22(28)29/h1-12,24H,13H2,(H,25,26)(H,28,29). The first-order chi connectivity index (χ1) is 13.9. The number of benzene rings is 3. The van der Waals surface area contributed by atoms with Gasteiger partial charge in [0.2, 0.25) is 5.91 Å². The number of carboxylic acids is 1. The van der Waals surface area contributed by atoms with Crippen molar-refractivity contribution >= 4 is 45.0 Å². The molecule has 6 nitrogen and oxygen atoms in total. The van der Waals surface area contributed by atoms with Crippen LogP contribution in [-0.4, -0.2) is 29.3 Å². The molecule has 0 bridgehead atoms. The number of halogens is 1. The topological polar surface area (TPSA) is 95.5 Å². The van der Waals surface area contributed by atoms with Crippen LogP contribution in [0.4, 0.5) is 11.4 Å². The van der Waals surface area contributed by atoms with Crippen molar-refractivity contribution in [1.82, 2.24) is 0 Å². The molecule has 0 aliphatic carbocycles. The monoisotopic (exact) mass is 452 g/mol. The molecular weight excluding hydrogens is 436 g/mol. The fourth-order valence-electron chi connectivity index (χ4n) is 2.68. The molecule has 0 saturated heterocycles. The first-order valence-electron chi connectivity index (χ1n) is 8.70. The molecule has 0 radical (unpaired) electrons. The normalized spacial score (nSPS) is 10.2. The average molecular weight is 453 g/mol. The molecule has 0 heterocycles. The zero-order valence-electron chi connectivity index (χ0n) is 15.2. The van der Waals surface area contributed by atoms with Crippen LogP contribution in [0, 0.1) is 0 Å². The van der Waals surface area contributed by atoms with E-state index in [0.717, 1.165) is 4.47 Å². The molecule has 3 aromatic rings. The SMILES string of the molecule is O=C(CNc1ccc(Br)cc1C(=O)c1ccccc1)Nc1ccc(C(=O)O)cc1. The van der Waals surface area contributed by atoms with Crippen molar-refractivity contribution in [1.29, 1.82) is 0 Å². The van der Waals surface area contributed by atoms with Gasteiger partial charge >= 0.3 is 5.97 Å². The minimum absolute atomic E-state index is 0.0582. The highest BCUT2D eigenvalue weighted by atomic mass is 79.9. The maximum atomic E-state index is 12.8. The fourth-order valence-corrected chi connectivity index (χ4v) is 3.04. The number of aromatic carboxylic acids is 1. The fraction of sp³-hybridized carbons (Fsp3) is 0.0455. The Hall–Kier alpha value is -3.45. The van der Waals surface area contributed by atoms with Gasteiger partial charge in [-0.25, -0.2) is 4.79 Å². The Morgan fingerprint density at radius 2 is 1.55 bits per heavy atom. The number of anilines is 2. The third-order valence-corrected chi connectivity index (χ3v) is 4.61. The minimum atomic E-state index is -1.03. The van der Waals surface area contributed by atoms with E-state index in [0.29, 0.717) is 22.5 Å². The highest BCUT2D eigenvalue weighted by Crippen LogP contribution is 2.24. The average Bonchev–Trinajstić information content (AvgIpc) is 2.73. The van der Waals surface area contributed by atoms with E-state index in [-0.39, 0.29) is 23.8 Å². The summed E-state index contributed by atoms with van der Waals surface area (Å²) in [4.78, 5) is 36.0. The Morgan fingerprint density at radius 1 is 0.862 bits per heavy atom. The Morgan fingerprint density at radius 3 is 2.21 bits per heavy atom. The summed E-state index contributed by atoms with van der Waals surface area (Å²) in [5, 5.41) is 14.6. The molecule has 3 aromatic carbocycles. The van der Waals surface area contributed by atoms with Crippen molar-refractivity contribution in [3.63, 3.8) is 0 Å². The maximum absolute atomic E-state index is 12.8. The molecule has 3 N–H and O–H groups in total. The smallest absolute Gasteiger partial charge is 0.335 e. The maximum Gasteiger partial charge on any atom is 0.335 e. The van der Waals surface area contributed by atoms with Crippen molar-refractivity contribution in [2.75, 3.05) is 17.2 Å². The van der Waals surface area contributed by atoms with Gasteiger partial charge in [0, 0.05) is 27.0 Å². The number of carboxylic acid groups (broad SMARTS) is 1. The van der Waals surface area contributed by atoms with Crippen molar-refractivity contribution in [2.45, 2.75) is 0 Å². The third-order valence-electron chi connectivity index (χ3n) is 4.12. The predicted octanol–water partition coefficient (Wildman–Crippen LogP) is 4.43. The quantitative estimate of drug-likeness (QED) is 0.460. The van der Waals surface area contributed by atoms with E-state index >= 15 is 0 Å². The second-order valence-corrected chi connectivity index (χ2v) is 7.08. The summed E-state index contributed by atoms with van der Waals surface area (Å²) in [5.41, 5.74) is 2.16. The van der Waals surface area contributed by atoms with Gasteiger partial charge in [0.1, 0.15) is 0 Å². The number of carbonyl (C=O) groups excluding carboxylic acids is 2. The molecule has 146 valence electrons. The lowest BCUT2D eigenvalue weighted by molar-refractivity contribution is -0.114. The van der Waals surface area contributed by atoms with Crippen LogP contribution in [-0.2, 0) is 4.79 Å². The van der Waals surface area contributed by atoms with Gasteiger partial charge in [0.05, 0.1) is 12.1 Å². The van der Waals surface area contributed by atoms with E-state index in [1.165, 1.54) is 24.3 Å². The molecular formula is C22H17BrN2O4. The summed E-state index contributed by atoms with van der Waals surface area (Å²) in [6.07, 6.45) is 0. The van der Waals surface area contributed by atoms with Gasteiger partial charge in [0.25, 0.3) is 0 Å². The first-order valence-corrected chi connectivity index (χ1v) is 9.50. The van der Waals surface area contributed by atoms with Crippen LogP contribution in [0.25, 0.3) is 0 Å². The van der Waals surface area contributed by atoms with Gasteiger partial charge in [-0.3, -0.25) is 9.59 Å². The molecule has 0 aromatic heterocycles. The van der Waals surface area contributed by atoms with Crippen molar-refractivity contribution in [2.24, 2.45) is 0 Å². The van der Waals surface area contributed by atoms with E-state index in [9.17, 15) is 14.4 Å². The summed E-state index contributed by atoms with van der Waals surface area (Å²) in [7, 11) is 0. The zero-order valence-corrected chi connectivity index (χ0v) is 16.8. The van der Waals surface area contributed by atoms with Gasteiger partial charge in [-0.05, 0) is 42.5 Å². The van der Waals surface area contributed by atoms with Gasteiger partial charge in [0.15, 0.2) is 5.78 Å². The lowest BCUT2D eigenvalue weighted by Crippen LogP contribution is -2.22. The predicted molar refractivity (Wildman–Crippen MR) is 115 cm³/mol. The van der Waals surface area contributed by atoms with Crippen LogP contribution >= 0.6 is 15.9 Å². The van der Waals surface area contributed by atoms with Crippen molar-refractivity contribution in [3.8, 4) is 0 Å². The Kier molecular flexibility index (Phi) is 6.41. The molecule has 0 fully saturated rings. The molecule has 7 heteroatoms. The van der Waals surface area contributed by atoms with E-state index in [4.69, 9.17) is 5.11 Å². The molecule has 0 saturated carbocycles. The van der Waals surface area contributed by atoms with E-state index in [1.807, 2.05) is 6.07 Å². The van der Waals surface area contributed by atoms with E-state index in [2.05, 4.69) is 26.6 Å². The lowest BCUT2D eigenvalue weighted by atomic mass is 10.0. The molecule has 0 atom stereocenters. The highest BCUT2D eigenvalue weighted by Gasteiger charge is 2.15. The Bertz CT molecular complexity index is 1050. The van der Waals surface area contributed by atoms with Gasteiger partial charge < -0.3 is 15.7 Å². The number of nitrogens with one attached hydrogen (secondary N) is 2. The van der Waals surface area contributed by atoms with Crippen LogP contribution in [0.15, 0.2) is 77.3 Å². The summed E-state index contributed by atoms with van der Waals surface area (Å²) in [6, 6.07) is 20.0. The number of carbonyl (C=O) groups is 3. The zero-order chi connectivity index (χ0) is 20.8. The van der Waals surface area contributed by atoms with Crippen LogP contribution in [0.3, 0.4) is 0 Å². The van der Waals surface area contributed by atoms with Crippen molar-refractivity contribution < 1.29 is 19.5 Å². The van der Waals surface area contributed by atoms with Gasteiger partial charge in [-0.15, -0.1) is 0 Å². The third kappa shape index (κ3) is 5.30. The Labute approximate surface area is 175 Å². The molecule has 0 unspecified atom stereocenters. The molecule has 3 rings (SSSR count). The second-order valence-electron chi connectivity index (χ2n) is 6.17.